The topological polar surface area (TPSA) is 70.0 Å². The fourth-order valence-corrected chi connectivity index (χ4v) is 2.27. The van der Waals surface area contributed by atoms with E-state index in [2.05, 4.69) is 6.92 Å². The van der Waals surface area contributed by atoms with Gasteiger partial charge < -0.3 is 15.1 Å². The van der Waals surface area contributed by atoms with E-state index in [1.54, 1.807) is 0 Å². The number of hydrogen-bond donors (Lipinski definition) is 2. The lowest BCUT2D eigenvalue weighted by atomic mass is 10.1. The summed E-state index contributed by atoms with van der Waals surface area (Å²) in [6.07, 6.45) is 8.18. The highest BCUT2D eigenvalue weighted by molar-refractivity contribution is 5.69. The Labute approximate surface area is 129 Å². The molecule has 21 heavy (non-hydrogen) atoms. The predicted octanol–water partition coefficient (Wildman–Crippen LogP) is 3.34. The zero-order valence-electron chi connectivity index (χ0n) is 14.3. The fraction of sp³-hybridized carbons (Fsp3) is 0.938. The molecule has 0 aliphatic carbocycles. The molecule has 0 aromatic rings. The Kier molecular flexibility index (Phi) is 9.09. The molecule has 0 rings (SSSR count). The van der Waals surface area contributed by atoms with Crippen LogP contribution in [0.4, 0.5) is 0 Å². The number of nitrogens with zero attached hydrogens (tertiary/aromatic N) is 1. The molecule has 0 bridgehead atoms. The van der Waals surface area contributed by atoms with Crippen LogP contribution in [0.3, 0.4) is 0 Å². The second-order valence-electron chi connectivity index (χ2n) is 6.62. The number of rotatable bonds is 11. The van der Waals surface area contributed by atoms with Gasteiger partial charge in [0.05, 0.1) is 0 Å². The molecule has 0 spiro atoms. The van der Waals surface area contributed by atoms with Crippen LogP contribution in [0.15, 0.2) is 0 Å². The maximum absolute atomic E-state index is 11.8. The highest BCUT2D eigenvalue weighted by Crippen LogP contribution is 2.22. The molecule has 0 saturated carbocycles. The van der Waals surface area contributed by atoms with Crippen molar-refractivity contribution < 1.29 is 19.8 Å². The van der Waals surface area contributed by atoms with E-state index in [1.807, 2.05) is 0 Å². The summed E-state index contributed by atoms with van der Waals surface area (Å²) in [5.41, 5.74) is -2.87. The van der Waals surface area contributed by atoms with Gasteiger partial charge in [0.1, 0.15) is 11.4 Å². The first-order chi connectivity index (χ1) is 9.59. The maximum atomic E-state index is 11.8. The lowest BCUT2D eigenvalue weighted by molar-refractivity contribution is -0.346. The van der Waals surface area contributed by atoms with Gasteiger partial charge in [0.15, 0.2) is 0 Å². The maximum Gasteiger partial charge on any atom is 0.325 e. The van der Waals surface area contributed by atoms with Crippen LogP contribution < -0.4 is 0 Å². The average Bonchev–Trinajstić information content (AvgIpc) is 2.32. The van der Waals surface area contributed by atoms with Crippen molar-refractivity contribution in [2.45, 2.75) is 97.4 Å². The fourth-order valence-electron chi connectivity index (χ4n) is 2.27. The first-order valence-electron chi connectivity index (χ1n) is 8.05. The smallest absolute Gasteiger partial charge is 0.325 e. The van der Waals surface area contributed by atoms with Gasteiger partial charge in [-0.1, -0.05) is 50.5 Å². The van der Waals surface area contributed by atoms with E-state index in [1.165, 1.54) is 53.4 Å². The SMILES string of the molecule is CCCCCCCCCC(=O)ON(C(C)(C)O)C(C)(C)O. The molecule has 0 heterocycles. The quantitative estimate of drug-likeness (QED) is 0.348. The van der Waals surface area contributed by atoms with E-state index in [4.69, 9.17) is 4.84 Å². The van der Waals surface area contributed by atoms with Gasteiger partial charge in [-0.3, -0.25) is 4.79 Å². The molecule has 0 atom stereocenters. The van der Waals surface area contributed by atoms with E-state index >= 15 is 0 Å². The van der Waals surface area contributed by atoms with Crippen molar-refractivity contribution in [3.8, 4) is 0 Å². The summed E-state index contributed by atoms with van der Waals surface area (Å²) in [7, 11) is 0. The third kappa shape index (κ3) is 9.82. The highest BCUT2D eigenvalue weighted by Gasteiger charge is 2.38. The molecule has 0 fully saturated rings. The Hall–Kier alpha value is -0.650. The summed E-state index contributed by atoms with van der Waals surface area (Å²) < 4.78 is 0. The van der Waals surface area contributed by atoms with Crippen LogP contribution in [0.25, 0.3) is 0 Å². The number of unbranched alkanes of at least 4 members (excludes halogenated alkanes) is 6. The Balaban J connectivity index is 4.01. The van der Waals surface area contributed by atoms with Crippen LogP contribution in [0.5, 0.6) is 0 Å². The van der Waals surface area contributed by atoms with Gasteiger partial charge in [-0.2, -0.15) is 0 Å². The van der Waals surface area contributed by atoms with E-state index in [0.29, 0.717) is 6.42 Å². The zero-order valence-corrected chi connectivity index (χ0v) is 14.3. The minimum atomic E-state index is -1.44. The van der Waals surface area contributed by atoms with Gasteiger partial charge in [-0.05, 0) is 34.1 Å². The Morgan fingerprint density at radius 2 is 1.33 bits per heavy atom. The Morgan fingerprint density at radius 1 is 0.905 bits per heavy atom. The van der Waals surface area contributed by atoms with Crippen LogP contribution in [0, 0.1) is 0 Å². The van der Waals surface area contributed by atoms with Gasteiger partial charge in [0.25, 0.3) is 0 Å². The summed E-state index contributed by atoms with van der Waals surface area (Å²) in [4.78, 5) is 16.9. The standard InChI is InChI=1S/C16H33NO4/c1-6-7-8-9-10-11-12-13-14(18)21-17(15(2,3)19)16(4,5)20/h19-20H,6-13H2,1-5H3. The minimum absolute atomic E-state index is 0.302. The number of hydroxylamine groups is 2. The van der Waals surface area contributed by atoms with Gasteiger partial charge in [-0.25, -0.2) is 0 Å². The molecule has 5 heteroatoms. The van der Waals surface area contributed by atoms with Crippen LogP contribution in [0.2, 0.25) is 0 Å². The number of carbonyl (C=O) groups is 1. The first-order valence-corrected chi connectivity index (χ1v) is 8.05. The van der Waals surface area contributed by atoms with Crippen molar-refractivity contribution in [1.82, 2.24) is 5.06 Å². The molecule has 0 aromatic carbocycles. The van der Waals surface area contributed by atoms with Crippen LogP contribution in [-0.2, 0) is 9.63 Å². The Morgan fingerprint density at radius 3 is 1.76 bits per heavy atom. The van der Waals surface area contributed by atoms with E-state index < -0.39 is 17.4 Å². The predicted molar refractivity (Wildman–Crippen MR) is 83.1 cm³/mol. The summed E-state index contributed by atoms with van der Waals surface area (Å²) in [6, 6.07) is 0. The largest absolute Gasteiger partial charge is 0.373 e. The van der Waals surface area contributed by atoms with Gasteiger partial charge >= 0.3 is 5.97 Å². The molecule has 0 aliphatic heterocycles. The molecule has 5 nitrogen and oxygen atoms in total. The molecule has 0 unspecified atom stereocenters. The molecule has 0 amide bonds. The highest BCUT2D eigenvalue weighted by atomic mass is 16.7. The molecular formula is C16H33NO4. The van der Waals surface area contributed by atoms with E-state index in [0.717, 1.165) is 24.3 Å². The molecule has 0 aromatic heterocycles. The zero-order chi connectivity index (χ0) is 16.5. The molecule has 0 aliphatic rings. The first kappa shape index (κ1) is 20.3. The van der Waals surface area contributed by atoms with E-state index in [-0.39, 0.29) is 0 Å². The van der Waals surface area contributed by atoms with Crippen LogP contribution >= 0.6 is 0 Å². The molecular weight excluding hydrogens is 270 g/mol. The van der Waals surface area contributed by atoms with Gasteiger partial charge in [0, 0.05) is 6.42 Å². The molecule has 2 N–H and O–H groups in total. The van der Waals surface area contributed by atoms with Crippen molar-refractivity contribution in [2.75, 3.05) is 0 Å². The summed E-state index contributed by atoms with van der Waals surface area (Å²) in [6.45, 7) is 8.04. The third-order valence-corrected chi connectivity index (χ3v) is 3.17. The minimum Gasteiger partial charge on any atom is -0.373 e. The van der Waals surface area contributed by atoms with Crippen LogP contribution in [-0.4, -0.2) is 32.7 Å². The van der Waals surface area contributed by atoms with Crippen molar-refractivity contribution >= 4 is 5.97 Å². The van der Waals surface area contributed by atoms with Crippen molar-refractivity contribution in [1.29, 1.82) is 0 Å². The second-order valence-corrected chi connectivity index (χ2v) is 6.62. The molecule has 0 radical (unpaired) electrons. The van der Waals surface area contributed by atoms with E-state index in [9.17, 15) is 15.0 Å². The molecule has 0 saturated heterocycles. The lowest BCUT2D eigenvalue weighted by Gasteiger charge is -2.39. The van der Waals surface area contributed by atoms with Crippen molar-refractivity contribution in [3.05, 3.63) is 0 Å². The summed E-state index contributed by atoms with van der Waals surface area (Å²) in [5.74, 6) is -0.423. The van der Waals surface area contributed by atoms with Gasteiger partial charge in [0.2, 0.25) is 0 Å². The second kappa shape index (κ2) is 9.38. The molecule has 126 valence electrons. The summed E-state index contributed by atoms with van der Waals surface area (Å²) in [5, 5.41) is 20.8. The number of aliphatic hydroxyl groups is 2. The number of carbonyl (C=O) groups excluding carboxylic acids is 1. The Bertz CT molecular complexity index is 278. The van der Waals surface area contributed by atoms with Crippen LogP contribution in [0.1, 0.15) is 86.0 Å². The van der Waals surface area contributed by atoms with Crippen molar-refractivity contribution in [3.63, 3.8) is 0 Å². The third-order valence-electron chi connectivity index (χ3n) is 3.17. The average molecular weight is 303 g/mol. The normalized spacial score (nSPS) is 12.8. The van der Waals surface area contributed by atoms with Crippen molar-refractivity contribution in [2.24, 2.45) is 0 Å². The lowest BCUT2D eigenvalue weighted by Crippen LogP contribution is -2.56. The van der Waals surface area contributed by atoms with Gasteiger partial charge in [-0.15, -0.1) is 0 Å². The monoisotopic (exact) mass is 303 g/mol. The number of hydrogen-bond acceptors (Lipinski definition) is 5. The summed E-state index contributed by atoms with van der Waals surface area (Å²) >= 11 is 0.